The lowest BCUT2D eigenvalue weighted by molar-refractivity contribution is 0.152. The van der Waals surface area contributed by atoms with Crippen molar-refractivity contribution in [2.45, 2.75) is 429 Å². The first-order valence-corrected chi connectivity index (χ1v) is 41.7. The number of aliphatic hydroxyl groups is 3. The molecule has 0 bridgehead atoms. The quantitative estimate of drug-likeness (QED) is 0.0290. The van der Waals surface area contributed by atoms with Gasteiger partial charge in [-0.2, -0.15) is 0 Å². The largest absolute Gasteiger partial charge is 0.396 e. The fourth-order valence-electron chi connectivity index (χ4n) is 11.7. The molecule has 4 aliphatic rings. The van der Waals surface area contributed by atoms with Crippen LogP contribution in [-0.2, 0) is 0 Å². The summed E-state index contributed by atoms with van der Waals surface area (Å²) in [6, 6.07) is 3.37. The molecule has 0 amide bonds. The van der Waals surface area contributed by atoms with Gasteiger partial charge in [0.25, 0.3) is 0 Å². The van der Waals surface area contributed by atoms with E-state index < -0.39 is 6.17 Å². The number of aliphatic hydroxyl groups excluding tert-OH is 3. The van der Waals surface area contributed by atoms with Crippen LogP contribution in [0.1, 0.15) is 368 Å². The van der Waals surface area contributed by atoms with Crippen LogP contribution in [-0.4, -0.2) is 115 Å². The molecule has 12 unspecified atom stereocenters. The van der Waals surface area contributed by atoms with Crippen molar-refractivity contribution in [1.82, 2.24) is 16.0 Å². The van der Waals surface area contributed by atoms with Gasteiger partial charge in [0, 0.05) is 61.5 Å². The third kappa shape index (κ3) is 104. The highest BCUT2D eigenvalue weighted by atomic mass is 19.1. The first-order chi connectivity index (χ1) is 45.4. The highest BCUT2D eigenvalue weighted by molar-refractivity contribution is 4.83. The molecule has 1 aliphatic carbocycles. The number of halogens is 1. The zero-order chi connectivity index (χ0) is 77.9. The first kappa shape index (κ1) is 113. The average Bonchev–Trinajstić information content (AvgIpc) is 1.76. The topological polar surface area (TPSA) is 253 Å². The second-order valence-corrected chi connectivity index (χ2v) is 35.2. The van der Waals surface area contributed by atoms with Gasteiger partial charge in [0.1, 0.15) is 6.17 Å². The van der Waals surface area contributed by atoms with E-state index in [0.717, 1.165) is 142 Å². The van der Waals surface area contributed by atoms with Crippen LogP contribution < -0.4 is 50.4 Å². The van der Waals surface area contributed by atoms with Crippen molar-refractivity contribution in [1.29, 1.82) is 0 Å². The Labute approximate surface area is 618 Å². The Balaban J connectivity index is -0.000000151. The SMILES string of the molecule is CC(C)C1CCCC1N.CC(C)CC(C)N.CC(C)CC(N)C(C)O.CC(C)CC(N)CO.CC(C)CC1CC(F)CN1.CC(C)CC1CCCN1.CC(C)CC1CCN1.CC(C)CCCCCO.CC(C)CCN.CCC(C)CC(C)C.CCC(N)CC(C)C.CCCCC(C)C. The summed E-state index contributed by atoms with van der Waals surface area (Å²) in [6.45, 7) is 70.2. The molecule has 18 N–H and O–H groups in total. The lowest BCUT2D eigenvalue weighted by Crippen LogP contribution is -2.43. The van der Waals surface area contributed by atoms with Crippen LogP contribution in [0.5, 0.6) is 0 Å². The third-order valence-electron chi connectivity index (χ3n) is 17.4. The molecule has 0 spiro atoms. The maximum Gasteiger partial charge on any atom is 0.114 e. The summed E-state index contributed by atoms with van der Waals surface area (Å²) < 4.78 is 12.6. The zero-order valence-electron chi connectivity index (χ0n) is 72.5. The van der Waals surface area contributed by atoms with Crippen LogP contribution in [0, 0.1) is 82.9 Å². The summed E-state index contributed by atoms with van der Waals surface area (Å²) in [4.78, 5) is 0. The molecule has 604 valence electrons. The monoisotopic (exact) mass is 1410 g/mol. The Morgan fingerprint density at radius 2 is 0.888 bits per heavy atom. The van der Waals surface area contributed by atoms with E-state index in [0.29, 0.717) is 55.1 Å². The van der Waals surface area contributed by atoms with E-state index in [1.165, 1.54) is 116 Å². The molecule has 0 aromatic carbocycles. The molecule has 3 saturated heterocycles. The minimum atomic E-state index is -0.594. The standard InChI is InChI=1S/C8H16FN.2C8H17N.C8H18O.C8H18.C7H17NO.C7H15N.C7H17N.C7H16.C6H15NO.C6H15N.C5H13N/c1-6(2)3-8-4-7(9)5-10-8;1-7(2)6-8-4-3-5-9-8;1-6(2)7-4-3-5-8(7)9;1-8(2)6-4-3-5-7-9;1-5-8(4)6-7(2)3;1-5(2)4-7(8)6(3)9;1-6(2)5-7-3-4-8-7;1-4-7(8)5-6(2)3;1-4-5-6-7(2)3;1-5(2)3-6(7)4-8;1-5(2)4-6(3)7;1-5(2)3-4-6/h6-8,10H,3-5H2,1-2H3;7-9H,3-6H2,1-2H3;6-8H,3-5,9H2,1-2H3;8-9H,3-7H2,1-2H3;7-8H,5-6H2,1-4H3;5-7,9H,4,8H2,1-3H3;6-8H,3-5H2,1-2H3;6-7H,4-5,8H2,1-3H3;7H,4-6H2,1-3H3;5-6,8H,3-4,7H2,1-2H3;5-6H,4,7H2,1-3H3;5H,3-4,6H2,1-2H3. The molecule has 4 rings (SSSR count). The van der Waals surface area contributed by atoms with E-state index in [1.807, 2.05) is 6.92 Å². The molecule has 1 saturated carbocycles. The summed E-state index contributed by atoms with van der Waals surface area (Å²) in [6.07, 6.45) is 29.7. The molecular weight excluding hydrogens is 1210 g/mol. The van der Waals surface area contributed by atoms with Gasteiger partial charge in [0.2, 0.25) is 0 Å². The predicted octanol–water partition coefficient (Wildman–Crippen LogP) is 20.0. The van der Waals surface area contributed by atoms with Crippen LogP contribution in [0.25, 0.3) is 0 Å². The van der Waals surface area contributed by atoms with Crippen molar-refractivity contribution in [3.8, 4) is 0 Å². The van der Waals surface area contributed by atoms with E-state index in [2.05, 4.69) is 210 Å². The van der Waals surface area contributed by atoms with E-state index >= 15 is 0 Å². The molecule has 0 aromatic heterocycles. The van der Waals surface area contributed by atoms with Crippen LogP contribution in [0.2, 0.25) is 0 Å². The first-order valence-electron chi connectivity index (χ1n) is 41.7. The minimum Gasteiger partial charge on any atom is -0.396 e. The van der Waals surface area contributed by atoms with Gasteiger partial charge in [-0.25, -0.2) is 4.39 Å². The second-order valence-electron chi connectivity index (χ2n) is 35.2. The molecule has 13 heteroatoms. The number of hydrogen-bond donors (Lipinski definition) is 12. The lowest BCUT2D eigenvalue weighted by Gasteiger charge is -2.28. The number of rotatable bonds is 31. The van der Waals surface area contributed by atoms with Gasteiger partial charge in [0.15, 0.2) is 0 Å². The lowest BCUT2D eigenvalue weighted by atomic mass is 9.92. The summed E-state index contributed by atoms with van der Waals surface area (Å²) in [7, 11) is 0. The zero-order valence-corrected chi connectivity index (χ0v) is 72.5. The second kappa shape index (κ2) is 79.0. The predicted molar refractivity (Wildman–Crippen MR) is 444 cm³/mol. The van der Waals surface area contributed by atoms with Gasteiger partial charge in [-0.15, -0.1) is 0 Å². The third-order valence-corrected chi connectivity index (χ3v) is 17.4. The van der Waals surface area contributed by atoms with Crippen molar-refractivity contribution in [3.05, 3.63) is 0 Å². The normalized spacial score (nSPS) is 20.2. The summed E-state index contributed by atoms with van der Waals surface area (Å²) in [5, 5.41) is 35.9. The molecule has 12 atom stereocenters. The van der Waals surface area contributed by atoms with Crippen molar-refractivity contribution in [3.63, 3.8) is 0 Å². The summed E-state index contributed by atoms with van der Waals surface area (Å²) in [5.74, 6) is 11.0. The van der Waals surface area contributed by atoms with Crippen LogP contribution >= 0.6 is 0 Å². The number of hydrogen-bond acceptors (Lipinski definition) is 12. The van der Waals surface area contributed by atoms with Gasteiger partial charge in [-0.05, 0) is 225 Å². The Morgan fingerprint density at radius 3 is 1.09 bits per heavy atom. The summed E-state index contributed by atoms with van der Waals surface area (Å²) >= 11 is 0. The van der Waals surface area contributed by atoms with Crippen molar-refractivity contribution >= 4 is 0 Å². The fraction of sp³-hybridized carbons (Fsp3) is 1.00. The van der Waals surface area contributed by atoms with Crippen molar-refractivity contribution in [2.75, 3.05) is 39.4 Å². The Bertz CT molecular complexity index is 1390. The van der Waals surface area contributed by atoms with Crippen molar-refractivity contribution < 1.29 is 19.7 Å². The van der Waals surface area contributed by atoms with E-state index in [4.69, 9.17) is 49.7 Å². The molecule has 98 heavy (non-hydrogen) atoms. The van der Waals surface area contributed by atoms with Gasteiger partial charge < -0.3 is 65.7 Å². The van der Waals surface area contributed by atoms with Crippen LogP contribution in [0.4, 0.5) is 4.39 Å². The maximum absolute atomic E-state index is 12.6. The summed E-state index contributed by atoms with van der Waals surface area (Å²) in [5.41, 5.74) is 33.3. The molecule has 4 fully saturated rings. The Morgan fingerprint density at radius 1 is 0.439 bits per heavy atom. The fourth-order valence-corrected chi connectivity index (χ4v) is 11.7. The number of nitrogens with one attached hydrogen (secondary N) is 3. The maximum atomic E-state index is 12.6. The molecule has 3 aliphatic heterocycles. The van der Waals surface area contributed by atoms with E-state index in [1.54, 1.807) is 6.92 Å². The minimum absolute atomic E-state index is 0.0185. The van der Waals surface area contributed by atoms with Crippen molar-refractivity contribution in [2.24, 2.45) is 117 Å². The van der Waals surface area contributed by atoms with Gasteiger partial charge in [0.05, 0.1) is 12.7 Å². The van der Waals surface area contributed by atoms with Gasteiger partial charge >= 0.3 is 0 Å². The Kier molecular flexibility index (Phi) is 91.4. The average molecular weight is 1410 g/mol. The van der Waals surface area contributed by atoms with Crippen LogP contribution in [0.15, 0.2) is 0 Å². The van der Waals surface area contributed by atoms with Crippen LogP contribution in [0.3, 0.4) is 0 Å². The van der Waals surface area contributed by atoms with E-state index in [-0.39, 0.29) is 24.8 Å². The number of unbranched alkanes of at least 4 members (excludes halogenated alkanes) is 3. The molecule has 0 aromatic rings. The smallest absolute Gasteiger partial charge is 0.114 e. The molecular formula is C85H194FN9O3. The molecule has 0 radical (unpaired) electrons. The number of alkyl halides is 1. The highest BCUT2D eigenvalue weighted by Crippen LogP contribution is 2.30. The van der Waals surface area contributed by atoms with Gasteiger partial charge in [-0.3, -0.25) is 0 Å². The van der Waals surface area contributed by atoms with E-state index in [9.17, 15) is 4.39 Å². The number of nitrogens with two attached hydrogens (primary N) is 6. The highest BCUT2D eigenvalue weighted by Gasteiger charge is 2.26. The Hall–Kier alpha value is -0.550. The molecule has 3 heterocycles. The van der Waals surface area contributed by atoms with Gasteiger partial charge in [-0.1, -0.05) is 245 Å². The molecule has 12 nitrogen and oxygen atoms in total.